The van der Waals surface area contributed by atoms with Crippen molar-refractivity contribution >= 4 is 17.4 Å². The molecular weight excluding hydrogens is 344 g/mol. The molecule has 27 heavy (non-hydrogen) atoms. The van der Waals surface area contributed by atoms with E-state index in [-0.39, 0.29) is 5.91 Å². The number of carbonyl (C=O) groups excluding carboxylic acids is 1. The minimum absolute atomic E-state index is 0.0209. The first-order valence-electron chi connectivity index (χ1n) is 9.33. The van der Waals surface area contributed by atoms with Crippen LogP contribution in [-0.4, -0.2) is 48.8 Å². The van der Waals surface area contributed by atoms with Crippen molar-refractivity contribution in [3.05, 3.63) is 42.1 Å². The zero-order chi connectivity index (χ0) is 18.6. The second-order valence-corrected chi connectivity index (χ2v) is 6.75. The molecule has 1 saturated heterocycles. The normalized spacial score (nSPS) is 16.4. The summed E-state index contributed by atoms with van der Waals surface area (Å²) in [6.07, 6.45) is 2.29. The highest BCUT2D eigenvalue weighted by Gasteiger charge is 2.19. The van der Waals surface area contributed by atoms with Gasteiger partial charge in [-0.15, -0.1) is 0 Å². The van der Waals surface area contributed by atoms with Crippen LogP contribution in [0.3, 0.4) is 0 Å². The lowest BCUT2D eigenvalue weighted by atomic mass is 10.1. The molecular formula is C20H24N4O3. The highest BCUT2D eigenvalue weighted by molar-refractivity contribution is 5.89. The van der Waals surface area contributed by atoms with Crippen LogP contribution in [0, 0.1) is 0 Å². The highest BCUT2D eigenvalue weighted by Crippen LogP contribution is 2.33. The Labute approximate surface area is 158 Å². The van der Waals surface area contributed by atoms with E-state index in [0.717, 1.165) is 49.9 Å². The maximum atomic E-state index is 11.4. The molecule has 1 amide bonds. The van der Waals surface area contributed by atoms with Gasteiger partial charge in [0.15, 0.2) is 11.5 Å². The Balaban J connectivity index is 1.30. The van der Waals surface area contributed by atoms with E-state index in [9.17, 15) is 4.79 Å². The van der Waals surface area contributed by atoms with Crippen molar-refractivity contribution < 1.29 is 14.3 Å². The fourth-order valence-corrected chi connectivity index (χ4v) is 3.34. The van der Waals surface area contributed by atoms with Crippen LogP contribution < -0.4 is 19.7 Å². The highest BCUT2D eigenvalue weighted by atomic mass is 16.7. The summed E-state index contributed by atoms with van der Waals surface area (Å²) in [4.78, 5) is 20.6. The summed E-state index contributed by atoms with van der Waals surface area (Å²) in [5, 5.41) is 2.78. The molecule has 0 saturated carbocycles. The van der Waals surface area contributed by atoms with Gasteiger partial charge in [-0.25, -0.2) is 4.98 Å². The molecule has 1 aromatic heterocycles. The number of anilines is 2. The minimum Gasteiger partial charge on any atom is -0.454 e. The van der Waals surface area contributed by atoms with Crippen LogP contribution in [0.5, 0.6) is 11.5 Å². The summed E-state index contributed by atoms with van der Waals surface area (Å²) < 4.78 is 10.8. The molecule has 1 N–H and O–H groups in total. The van der Waals surface area contributed by atoms with Crippen molar-refractivity contribution in [3.8, 4) is 11.5 Å². The van der Waals surface area contributed by atoms with Crippen LogP contribution in [0.2, 0.25) is 0 Å². The molecule has 0 aliphatic carbocycles. The largest absolute Gasteiger partial charge is 0.454 e. The molecule has 0 bridgehead atoms. The summed E-state index contributed by atoms with van der Waals surface area (Å²) >= 11 is 0. The van der Waals surface area contributed by atoms with Gasteiger partial charge < -0.3 is 19.7 Å². The predicted octanol–water partition coefficient (Wildman–Crippen LogP) is 2.48. The number of hydrogen-bond acceptors (Lipinski definition) is 6. The van der Waals surface area contributed by atoms with Crippen molar-refractivity contribution in [2.24, 2.45) is 0 Å². The Kier molecular flexibility index (Phi) is 5.11. The lowest BCUT2D eigenvalue weighted by Crippen LogP contribution is -2.46. The summed E-state index contributed by atoms with van der Waals surface area (Å²) in [6, 6.07) is 10.0. The van der Waals surface area contributed by atoms with E-state index in [0.29, 0.717) is 19.0 Å². The van der Waals surface area contributed by atoms with Crippen molar-refractivity contribution in [2.45, 2.75) is 19.9 Å². The maximum Gasteiger partial charge on any atom is 0.231 e. The molecule has 2 aliphatic heterocycles. The summed E-state index contributed by atoms with van der Waals surface area (Å²) in [5.41, 5.74) is 2.33. The zero-order valence-electron chi connectivity index (χ0n) is 15.5. The van der Waals surface area contributed by atoms with E-state index in [2.05, 4.69) is 32.2 Å². The Bertz CT molecular complexity index is 801. The number of benzene rings is 1. The smallest absolute Gasteiger partial charge is 0.231 e. The van der Waals surface area contributed by atoms with Gasteiger partial charge in [-0.2, -0.15) is 0 Å². The van der Waals surface area contributed by atoms with Crippen LogP contribution in [0.25, 0.3) is 0 Å². The minimum atomic E-state index is -0.0209. The summed E-state index contributed by atoms with van der Waals surface area (Å²) in [7, 11) is 0. The van der Waals surface area contributed by atoms with Crippen LogP contribution in [0.4, 0.5) is 11.5 Å². The zero-order valence-corrected chi connectivity index (χ0v) is 15.5. The number of hydrogen-bond donors (Lipinski definition) is 1. The number of nitrogens with zero attached hydrogens (tertiary/aromatic N) is 3. The van der Waals surface area contributed by atoms with E-state index in [1.165, 1.54) is 5.56 Å². The van der Waals surface area contributed by atoms with Gasteiger partial charge in [0.2, 0.25) is 12.7 Å². The Morgan fingerprint density at radius 1 is 1.11 bits per heavy atom. The van der Waals surface area contributed by atoms with Gasteiger partial charge in [-0.3, -0.25) is 9.69 Å². The molecule has 0 radical (unpaired) electrons. The van der Waals surface area contributed by atoms with Crippen LogP contribution in [-0.2, 0) is 11.3 Å². The molecule has 4 rings (SSSR count). The Morgan fingerprint density at radius 2 is 1.93 bits per heavy atom. The molecule has 142 valence electrons. The molecule has 7 heteroatoms. The lowest BCUT2D eigenvalue weighted by molar-refractivity contribution is -0.115. The van der Waals surface area contributed by atoms with Gasteiger partial charge in [-0.05, 0) is 29.8 Å². The maximum absolute atomic E-state index is 11.4. The lowest BCUT2D eigenvalue weighted by Gasteiger charge is -2.36. The quantitative estimate of drug-likeness (QED) is 0.875. The van der Waals surface area contributed by atoms with Gasteiger partial charge in [0, 0.05) is 39.1 Å². The first-order chi connectivity index (χ1) is 13.2. The van der Waals surface area contributed by atoms with E-state index >= 15 is 0 Å². The van der Waals surface area contributed by atoms with Crippen molar-refractivity contribution in [2.75, 3.05) is 43.2 Å². The van der Waals surface area contributed by atoms with Crippen molar-refractivity contribution in [1.29, 1.82) is 0 Å². The number of nitrogens with one attached hydrogen (secondary N) is 1. The molecule has 1 fully saturated rings. The number of carbonyl (C=O) groups is 1. The third-order valence-electron chi connectivity index (χ3n) is 4.92. The number of pyridine rings is 1. The van der Waals surface area contributed by atoms with Crippen molar-refractivity contribution in [1.82, 2.24) is 9.88 Å². The third kappa shape index (κ3) is 4.14. The Hall–Kier alpha value is -2.80. The molecule has 3 heterocycles. The van der Waals surface area contributed by atoms with Crippen molar-refractivity contribution in [3.63, 3.8) is 0 Å². The average molecular weight is 368 g/mol. The van der Waals surface area contributed by atoms with Gasteiger partial charge >= 0.3 is 0 Å². The van der Waals surface area contributed by atoms with Crippen LogP contribution in [0.1, 0.15) is 18.9 Å². The second-order valence-electron chi connectivity index (χ2n) is 6.75. The molecule has 0 atom stereocenters. The standard InChI is InChI=1S/C20H24N4O3/c1-2-20(25)22-19-6-4-16(12-21-19)24-9-7-23(8-10-24)13-15-3-5-17-18(11-15)27-14-26-17/h3-6,11-12H,2,7-10,13-14H2,1H3,(H,21,22,25). The Morgan fingerprint density at radius 3 is 2.67 bits per heavy atom. The molecule has 7 nitrogen and oxygen atoms in total. The number of amides is 1. The molecule has 2 aromatic rings. The fraction of sp³-hybridized carbons (Fsp3) is 0.400. The summed E-state index contributed by atoms with van der Waals surface area (Å²) in [5.74, 6) is 2.25. The molecule has 0 spiro atoms. The van der Waals surface area contributed by atoms with E-state index < -0.39 is 0 Å². The number of piperazine rings is 1. The first kappa shape index (κ1) is 17.6. The molecule has 1 aromatic carbocycles. The third-order valence-corrected chi connectivity index (χ3v) is 4.92. The van der Waals surface area contributed by atoms with Gasteiger partial charge in [0.05, 0.1) is 11.9 Å². The topological polar surface area (TPSA) is 66.9 Å². The van der Waals surface area contributed by atoms with Gasteiger partial charge in [-0.1, -0.05) is 13.0 Å². The van der Waals surface area contributed by atoms with Crippen LogP contribution >= 0.6 is 0 Å². The number of ether oxygens (including phenoxy) is 2. The fourth-order valence-electron chi connectivity index (χ4n) is 3.34. The van der Waals surface area contributed by atoms with Gasteiger partial charge in [0.1, 0.15) is 5.82 Å². The number of fused-ring (bicyclic) bond motifs is 1. The molecule has 0 unspecified atom stereocenters. The van der Waals surface area contributed by atoms with E-state index in [1.807, 2.05) is 31.3 Å². The summed E-state index contributed by atoms with van der Waals surface area (Å²) in [6.45, 7) is 6.93. The number of rotatable bonds is 5. The van der Waals surface area contributed by atoms with E-state index in [4.69, 9.17) is 9.47 Å². The second kappa shape index (κ2) is 7.84. The first-order valence-corrected chi connectivity index (χ1v) is 9.33. The van der Waals surface area contributed by atoms with E-state index in [1.54, 1.807) is 0 Å². The molecule has 2 aliphatic rings. The average Bonchev–Trinajstić information content (AvgIpc) is 3.17. The monoisotopic (exact) mass is 368 g/mol. The number of aromatic nitrogens is 1. The van der Waals surface area contributed by atoms with Crippen LogP contribution in [0.15, 0.2) is 36.5 Å². The predicted molar refractivity (Wildman–Crippen MR) is 103 cm³/mol. The van der Waals surface area contributed by atoms with Gasteiger partial charge in [0.25, 0.3) is 0 Å². The SMILES string of the molecule is CCC(=O)Nc1ccc(N2CCN(Cc3ccc4c(c3)OCO4)CC2)cn1.